The molecule has 0 spiro atoms. The zero-order chi connectivity index (χ0) is 14.3. The monoisotopic (exact) mass is 269 g/mol. The van der Waals surface area contributed by atoms with Gasteiger partial charge in [-0.25, -0.2) is 0 Å². The summed E-state index contributed by atoms with van der Waals surface area (Å²) >= 11 is 0. The number of carbonyl (C=O) groups is 1. The van der Waals surface area contributed by atoms with Crippen molar-refractivity contribution < 1.29 is 9.53 Å². The second kappa shape index (κ2) is 8.30. The van der Waals surface area contributed by atoms with E-state index in [1.54, 1.807) is 0 Å². The van der Waals surface area contributed by atoms with Crippen LogP contribution in [-0.4, -0.2) is 74.7 Å². The summed E-state index contributed by atoms with van der Waals surface area (Å²) in [5, 5.41) is 3.29. The molecule has 1 aliphatic heterocycles. The second-order valence-electron chi connectivity index (χ2n) is 5.26. The first-order chi connectivity index (χ1) is 9.02. The standard InChI is InChI=1S/C14H27N3O2/c1-5-17(9-12(2)3)14(18)11-16(4)10-13-8-15-6-7-19-13/h13,15H,2,5-11H2,1,3-4H3. The molecule has 0 aromatic heterocycles. The Bertz CT molecular complexity index is 301. The number of hydrogen-bond donors (Lipinski definition) is 1. The van der Waals surface area contributed by atoms with Gasteiger partial charge in [0.05, 0.1) is 19.3 Å². The molecule has 1 aliphatic rings. The first-order valence-corrected chi connectivity index (χ1v) is 6.96. The molecule has 1 unspecified atom stereocenters. The van der Waals surface area contributed by atoms with E-state index in [2.05, 4.69) is 11.9 Å². The SMILES string of the molecule is C=C(C)CN(CC)C(=O)CN(C)CC1CNCCO1. The Kier molecular flexibility index (Phi) is 7.05. The number of rotatable bonds is 7. The lowest BCUT2D eigenvalue weighted by atomic mass is 10.2. The Morgan fingerprint density at radius 3 is 2.74 bits per heavy atom. The van der Waals surface area contributed by atoms with Gasteiger partial charge >= 0.3 is 0 Å². The van der Waals surface area contributed by atoms with Crippen molar-refractivity contribution >= 4 is 5.91 Å². The van der Waals surface area contributed by atoms with Crippen LogP contribution in [0, 0.1) is 0 Å². The zero-order valence-corrected chi connectivity index (χ0v) is 12.4. The fourth-order valence-electron chi connectivity index (χ4n) is 2.18. The second-order valence-corrected chi connectivity index (χ2v) is 5.26. The summed E-state index contributed by atoms with van der Waals surface area (Å²) in [5.41, 5.74) is 1.01. The minimum Gasteiger partial charge on any atom is -0.374 e. The highest BCUT2D eigenvalue weighted by atomic mass is 16.5. The molecule has 1 saturated heterocycles. The highest BCUT2D eigenvalue weighted by molar-refractivity contribution is 5.78. The maximum atomic E-state index is 12.1. The van der Waals surface area contributed by atoms with Crippen molar-refractivity contribution in [2.24, 2.45) is 0 Å². The van der Waals surface area contributed by atoms with Crippen molar-refractivity contribution in [3.05, 3.63) is 12.2 Å². The third kappa shape index (κ3) is 6.18. The third-order valence-electron chi connectivity index (χ3n) is 3.12. The summed E-state index contributed by atoms with van der Waals surface area (Å²) in [6.07, 6.45) is 0.183. The molecule has 110 valence electrons. The summed E-state index contributed by atoms with van der Waals surface area (Å²) < 4.78 is 5.64. The Hall–Kier alpha value is -0.910. The summed E-state index contributed by atoms with van der Waals surface area (Å²) in [6.45, 7) is 12.9. The van der Waals surface area contributed by atoms with Gasteiger partial charge in [-0.05, 0) is 20.9 Å². The molecule has 0 aromatic rings. The molecule has 0 aliphatic carbocycles. The van der Waals surface area contributed by atoms with Crippen LogP contribution in [0.5, 0.6) is 0 Å². The van der Waals surface area contributed by atoms with Gasteiger partial charge in [0, 0.05) is 32.7 Å². The van der Waals surface area contributed by atoms with Crippen LogP contribution in [0.3, 0.4) is 0 Å². The Balaban J connectivity index is 2.34. The normalized spacial score (nSPS) is 19.5. The number of likely N-dealkylation sites (N-methyl/N-ethyl adjacent to an activating group) is 2. The van der Waals surface area contributed by atoms with E-state index >= 15 is 0 Å². The fourth-order valence-corrected chi connectivity index (χ4v) is 2.18. The lowest BCUT2D eigenvalue weighted by molar-refractivity contribution is -0.132. The largest absolute Gasteiger partial charge is 0.374 e. The molecule has 1 atom stereocenters. The van der Waals surface area contributed by atoms with Crippen molar-refractivity contribution in [3.8, 4) is 0 Å². The zero-order valence-electron chi connectivity index (χ0n) is 12.4. The van der Waals surface area contributed by atoms with E-state index < -0.39 is 0 Å². The van der Waals surface area contributed by atoms with Crippen LogP contribution in [0.25, 0.3) is 0 Å². The van der Waals surface area contributed by atoms with E-state index in [1.807, 2.05) is 30.7 Å². The maximum Gasteiger partial charge on any atom is 0.237 e. The molecule has 0 radical (unpaired) electrons. The van der Waals surface area contributed by atoms with Crippen LogP contribution in [0.2, 0.25) is 0 Å². The van der Waals surface area contributed by atoms with E-state index in [0.717, 1.165) is 38.4 Å². The van der Waals surface area contributed by atoms with Crippen LogP contribution < -0.4 is 5.32 Å². The highest BCUT2D eigenvalue weighted by Gasteiger charge is 2.19. The smallest absolute Gasteiger partial charge is 0.237 e. The van der Waals surface area contributed by atoms with Crippen LogP contribution in [0.4, 0.5) is 0 Å². The van der Waals surface area contributed by atoms with Gasteiger partial charge in [-0.2, -0.15) is 0 Å². The van der Waals surface area contributed by atoms with Gasteiger partial charge in [-0.15, -0.1) is 0 Å². The predicted molar refractivity (Wildman–Crippen MR) is 77.2 cm³/mol. The minimum absolute atomic E-state index is 0.150. The number of carbonyl (C=O) groups excluding carboxylic acids is 1. The topological polar surface area (TPSA) is 44.8 Å². The van der Waals surface area contributed by atoms with E-state index in [-0.39, 0.29) is 12.0 Å². The van der Waals surface area contributed by atoms with Gasteiger partial charge < -0.3 is 15.0 Å². The number of ether oxygens (including phenoxy) is 1. The van der Waals surface area contributed by atoms with Crippen molar-refractivity contribution in [2.75, 3.05) is 52.9 Å². The van der Waals surface area contributed by atoms with Crippen molar-refractivity contribution in [3.63, 3.8) is 0 Å². The molecule has 0 bridgehead atoms. The minimum atomic E-state index is 0.150. The molecule has 1 fully saturated rings. The molecule has 1 heterocycles. The predicted octanol–water partition coefficient (Wildman–Crippen LogP) is 0.331. The Morgan fingerprint density at radius 1 is 1.47 bits per heavy atom. The number of nitrogens with one attached hydrogen (secondary N) is 1. The van der Waals surface area contributed by atoms with Crippen LogP contribution in [-0.2, 0) is 9.53 Å². The number of nitrogens with zero attached hydrogens (tertiary/aromatic N) is 2. The highest BCUT2D eigenvalue weighted by Crippen LogP contribution is 2.01. The van der Waals surface area contributed by atoms with Crippen LogP contribution >= 0.6 is 0 Å². The molecule has 19 heavy (non-hydrogen) atoms. The first kappa shape index (κ1) is 16.1. The Labute approximate surface area is 116 Å². The van der Waals surface area contributed by atoms with Gasteiger partial charge in [-0.3, -0.25) is 9.69 Å². The fraction of sp³-hybridized carbons (Fsp3) is 0.786. The van der Waals surface area contributed by atoms with Gasteiger partial charge in [0.15, 0.2) is 0 Å². The summed E-state index contributed by atoms with van der Waals surface area (Å²) in [6, 6.07) is 0. The van der Waals surface area contributed by atoms with Gasteiger partial charge in [0.1, 0.15) is 0 Å². The van der Waals surface area contributed by atoms with Gasteiger partial charge in [0.25, 0.3) is 0 Å². The molecule has 0 aromatic carbocycles. The van der Waals surface area contributed by atoms with Crippen molar-refractivity contribution in [2.45, 2.75) is 20.0 Å². The molecule has 5 nitrogen and oxygen atoms in total. The molecule has 1 amide bonds. The molecular weight excluding hydrogens is 242 g/mol. The van der Waals surface area contributed by atoms with Gasteiger partial charge in [0.2, 0.25) is 5.91 Å². The average molecular weight is 269 g/mol. The quantitative estimate of drug-likeness (QED) is 0.677. The van der Waals surface area contributed by atoms with E-state index in [1.165, 1.54) is 0 Å². The molecule has 1 N–H and O–H groups in total. The first-order valence-electron chi connectivity index (χ1n) is 6.96. The van der Waals surface area contributed by atoms with E-state index in [4.69, 9.17) is 4.74 Å². The average Bonchev–Trinajstić information content (AvgIpc) is 2.36. The molecular formula is C14H27N3O2. The number of hydrogen-bond acceptors (Lipinski definition) is 4. The van der Waals surface area contributed by atoms with Crippen molar-refractivity contribution in [1.29, 1.82) is 0 Å². The van der Waals surface area contributed by atoms with E-state index in [0.29, 0.717) is 13.1 Å². The lowest BCUT2D eigenvalue weighted by Gasteiger charge is -2.29. The van der Waals surface area contributed by atoms with Crippen LogP contribution in [0.15, 0.2) is 12.2 Å². The maximum absolute atomic E-state index is 12.1. The van der Waals surface area contributed by atoms with E-state index in [9.17, 15) is 4.79 Å². The third-order valence-corrected chi connectivity index (χ3v) is 3.12. The Morgan fingerprint density at radius 2 is 2.21 bits per heavy atom. The number of amides is 1. The van der Waals surface area contributed by atoms with Gasteiger partial charge in [-0.1, -0.05) is 12.2 Å². The summed E-state index contributed by atoms with van der Waals surface area (Å²) in [4.78, 5) is 16.0. The number of morpholine rings is 1. The van der Waals surface area contributed by atoms with Crippen LogP contribution in [0.1, 0.15) is 13.8 Å². The molecule has 5 heteroatoms. The summed E-state index contributed by atoms with van der Waals surface area (Å²) in [7, 11) is 1.96. The molecule has 1 rings (SSSR count). The molecule has 0 saturated carbocycles. The summed E-state index contributed by atoms with van der Waals surface area (Å²) in [5.74, 6) is 0.150. The lowest BCUT2D eigenvalue weighted by Crippen LogP contribution is -2.47. The van der Waals surface area contributed by atoms with Crippen molar-refractivity contribution in [1.82, 2.24) is 15.1 Å².